The second-order valence-electron chi connectivity index (χ2n) is 7.96. The number of hydrogen-bond acceptors (Lipinski definition) is 7. The fourth-order valence-corrected chi connectivity index (χ4v) is 4.21. The first-order valence-corrected chi connectivity index (χ1v) is 10.6. The summed E-state index contributed by atoms with van der Waals surface area (Å²) < 4.78 is 5.68. The van der Waals surface area contributed by atoms with Gasteiger partial charge in [0.15, 0.2) is 0 Å². The molecule has 2 aliphatic heterocycles. The van der Waals surface area contributed by atoms with Crippen LogP contribution in [0.3, 0.4) is 0 Å². The second kappa shape index (κ2) is 8.38. The molecule has 33 heavy (non-hydrogen) atoms. The van der Waals surface area contributed by atoms with E-state index in [4.69, 9.17) is 4.74 Å². The molecule has 166 valence electrons. The fourth-order valence-electron chi connectivity index (χ4n) is 4.21. The number of benzene rings is 1. The number of carbonyl (C=O) groups excluding carboxylic acids is 2. The zero-order valence-corrected chi connectivity index (χ0v) is 18.0. The van der Waals surface area contributed by atoms with Crippen molar-refractivity contribution in [3.05, 3.63) is 89.5 Å². The molecule has 1 unspecified atom stereocenters. The summed E-state index contributed by atoms with van der Waals surface area (Å²) in [4.78, 5) is 38.3. The molecule has 5 rings (SSSR count). The van der Waals surface area contributed by atoms with E-state index in [0.717, 1.165) is 5.69 Å². The van der Waals surface area contributed by atoms with Gasteiger partial charge in [-0.2, -0.15) is 0 Å². The number of ketones is 1. The van der Waals surface area contributed by atoms with Crippen LogP contribution in [-0.4, -0.2) is 51.9 Å². The summed E-state index contributed by atoms with van der Waals surface area (Å²) in [5.74, 6) is -0.982. The van der Waals surface area contributed by atoms with Gasteiger partial charge in [-0.05, 0) is 42.5 Å². The van der Waals surface area contributed by atoms with Gasteiger partial charge in [-0.15, -0.1) is 0 Å². The number of fused-ring (bicyclic) bond motifs is 1. The summed E-state index contributed by atoms with van der Waals surface area (Å²) in [5.41, 5.74) is 2.37. The van der Waals surface area contributed by atoms with Crippen LogP contribution >= 0.6 is 0 Å². The van der Waals surface area contributed by atoms with Crippen LogP contribution in [0.15, 0.2) is 72.6 Å². The van der Waals surface area contributed by atoms with Gasteiger partial charge in [0.2, 0.25) is 0 Å². The number of hydrogen-bond donors (Lipinski definition) is 1. The molecule has 0 saturated carbocycles. The van der Waals surface area contributed by atoms with Gasteiger partial charge in [0.1, 0.15) is 24.2 Å². The number of carbonyl (C=O) groups is 2. The maximum absolute atomic E-state index is 13.2. The number of anilines is 1. The number of likely N-dealkylation sites (N-methyl/N-ethyl adjacent to an activating group) is 1. The van der Waals surface area contributed by atoms with E-state index >= 15 is 0 Å². The molecule has 1 aromatic carbocycles. The molecule has 4 heterocycles. The van der Waals surface area contributed by atoms with Crippen molar-refractivity contribution in [2.45, 2.75) is 12.6 Å². The third-order valence-corrected chi connectivity index (χ3v) is 5.89. The fraction of sp³-hybridized carbons (Fsp3) is 0.200. The first-order chi connectivity index (χ1) is 16.0. The quantitative estimate of drug-likeness (QED) is 0.377. The minimum Gasteiger partial charge on any atom is -0.507 e. The number of rotatable bonds is 4. The number of pyridine rings is 2. The summed E-state index contributed by atoms with van der Waals surface area (Å²) in [7, 11) is 1.94. The van der Waals surface area contributed by atoms with Crippen molar-refractivity contribution in [3.63, 3.8) is 0 Å². The minimum atomic E-state index is -0.835. The van der Waals surface area contributed by atoms with Gasteiger partial charge in [-0.1, -0.05) is 12.1 Å². The molecule has 8 heteroatoms. The minimum absolute atomic E-state index is 0.00830. The summed E-state index contributed by atoms with van der Waals surface area (Å²) >= 11 is 0. The zero-order chi connectivity index (χ0) is 22.9. The molecular formula is C25H22N4O4. The summed E-state index contributed by atoms with van der Waals surface area (Å²) in [5, 5.41) is 11.3. The molecule has 0 bridgehead atoms. The Morgan fingerprint density at radius 1 is 1.09 bits per heavy atom. The Kier molecular flexibility index (Phi) is 5.26. The monoisotopic (exact) mass is 442 g/mol. The smallest absolute Gasteiger partial charge is 0.296 e. The van der Waals surface area contributed by atoms with Gasteiger partial charge >= 0.3 is 0 Å². The third kappa shape index (κ3) is 3.69. The van der Waals surface area contributed by atoms with Crippen LogP contribution in [-0.2, 0) is 16.1 Å². The van der Waals surface area contributed by atoms with Crippen LogP contribution in [0.2, 0.25) is 0 Å². The van der Waals surface area contributed by atoms with E-state index in [0.29, 0.717) is 35.9 Å². The van der Waals surface area contributed by atoms with Gasteiger partial charge < -0.3 is 19.6 Å². The van der Waals surface area contributed by atoms with E-state index in [-0.39, 0.29) is 17.9 Å². The maximum Gasteiger partial charge on any atom is 0.296 e. The molecule has 1 atom stereocenters. The number of aliphatic hydroxyl groups excluding tert-OH is 1. The van der Waals surface area contributed by atoms with Gasteiger partial charge in [0.25, 0.3) is 11.7 Å². The number of nitrogens with zero attached hydrogens (tertiary/aromatic N) is 4. The lowest BCUT2D eigenvalue weighted by molar-refractivity contribution is -0.140. The highest BCUT2D eigenvalue weighted by atomic mass is 16.5. The Balaban J connectivity index is 1.63. The van der Waals surface area contributed by atoms with Crippen LogP contribution in [0.4, 0.5) is 5.69 Å². The van der Waals surface area contributed by atoms with Crippen LogP contribution in [0.1, 0.15) is 23.0 Å². The molecule has 0 aliphatic carbocycles. The molecule has 2 aromatic heterocycles. The summed E-state index contributed by atoms with van der Waals surface area (Å²) in [6.07, 6.45) is 3.23. The lowest BCUT2D eigenvalue weighted by atomic mass is 9.97. The molecule has 1 fully saturated rings. The normalized spacial score (nSPS) is 19.4. The largest absolute Gasteiger partial charge is 0.507 e. The van der Waals surface area contributed by atoms with Crippen molar-refractivity contribution >= 4 is 23.1 Å². The van der Waals surface area contributed by atoms with Gasteiger partial charge in [0.05, 0.1) is 35.7 Å². The number of likely N-dealkylation sites (tertiary alicyclic amines) is 1. The molecular weight excluding hydrogens is 420 g/mol. The van der Waals surface area contributed by atoms with Gasteiger partial charge in [0, 0.05) is 25.0 Å². The van der Waals surface area contributed by atoms with Crippen LogP contribution in [0.25, 0.3) is 5.76 Å². The zero-order valence-electron chi connectivity index (χ0n) is 18.0. The van der Waals surface area contributed by atoms with E-state index < -0.39 is 17.7 Å². The predicted octanol–water partition coefficient (Wildman–Crippen LogP) is 2.93. The molecule has 1 amide bonds. The van der Waals surface area contributed by atoms with Crippen molar-refractivity contribution in [2.24, 2.45) is 0 Å². The van der Waals surface area contributed by atoms with Crippen LogP contribution < -0.4 is 9.64 Å². The number of amides is 1. The van der Waals surface area contributed by atoms with Crippen molar-refractivity contribution < 1.29 is 19.4 Å². The Morgan fingerprint density at radius 3 is 2.61 bits per heavy atom. The van der Waals surface area contributed by atoms with Crippen LogP contribution in [0.5, 0.6) is 5.75 Å². The summed E-state index contributed by atoms with van der Waals surface area (Å²) in [6.45, 7) is 1.40. The van der Waals surface area contributed by atoms with E-state index in [9.17, 15) is 14.7 Å². The van der Waals surface area contributed by atoms with Crippen molar-refractivity contribution in [3.8, 4) is 5.75 Å². The topological polar surface area (TPSA) is 95.9 Å². The van der Waals surface area contributed by atoms with Crippen LogP contribution in [0, 0.1) is 0 Å². The number of aromatic nitrogens is 2. The first-order valence-electron chi connectivity index (χ1n) is 10.6. The highest BCUT2D eigenvalue weighted by Crippen LogP contribution is 2.41. The highest BCUT2D eigenvalue weighted by Gasteiger charge is 2.47. The number of aliphatic hydroxyl groups is 1. The number of ether oxygens (including phenoxy) is 1. The molecule has 1 N–H and O–H groups in total. The number of Topliss-reactive ketones (excluding diaryl/α,β-unsaturated/α-hetero) is 1. The maximum atomic E-state index is 13.2. The van der Waals surface area contributed by atoms with E-state index in [1.54, 1.807) is 60.9 Å². The average molecular weight is 442 g/mol. The lowest BCUT2D eigenvalue weighted by Gasteiger charge is -2.28. The molecule has 0 radical (unpaired) electrons. The highest BCUT2D eigenvalue weighted by molar-refractivity contribution is 6.46. The molecule has 2 aliphatic rings. The Hall–Kier alpha value is -4.20. The lowest BCUT2D eigenvalue weighted by Crippen LogP contribution is -2.30. The van der Waals surface area contributed by atoms with E-state index in [1.807, 2.05) is 18.0 Å². The Labute approximate surface area is 190 Å². The van der Waals surface area contributed by atoms with Gasteiger partial charge in [-0.25, -0.2) is 0 Å². The van der Waals surface area contributed by atoms with Crippen molar-refractivity contribution in [1.29, 1.82) is 0 Å². The van der Waals surface area contributed by atoms with Crippen molar-refractivity contribution in [2.75, 3.05) is 25.1 Å². The standard InChI is InChI=1S/C25H22N4O4/c1-28-12-13-33-20-9-8-16(14-19(20)28)23(30)21-22(18-7-3-5-11-27-18)29(25(32)24(21)31)15-17-6-2-4-10-26-17/h2-11,14,22,30H,12-13,15H2,1H3/b23-21-. The molecule has 0 spiro atoms. The Bertz CT molecular complexity index is 1240. The summed E-state index contributed by atoms with van der Waals surface area (Å²) in [6, 6.07) is 15.1. The predicted molar refractivity (Wildman–Crippen MR) is 122 cm³/mol. The van der Waals surface area contributed by atoms with Crippen molar-refractivity contribution in [1.82, 2.24) is 14.9 Å². The average Bonchev–Trinajstić information content (AvgIpc) is 3.10. The Morgan fingerprint density at radius 2 is 1.88 bits per heavy atom. The van der Waals surface area contributed by atoms with Gasteiger partial charge in [-0.3, -0.25) is 19.6 Å². The molecule has 3 aromatic rings. The van der Waals surface area contributed by atoms with E-state index in [1.165, 1.54) is 4.90 Å². The third-order valence-electron chi connectivity index (χ3n) is 5.89. The first kappa shape index (κ1) is 20.7. The van der Waals surface area contributed by atoms with E-state index in [2.05, 4.69) is 9.97 Å². The molecule has 8 nitrogen and oxygen atoms in total. The molecule has 1 saturated heterocycles. The second-order valence-corrected chi connectivity index (χ2v) is 7.96. The SMILES string of the molecule is CN1CCOc2ccc(/C(O)=C3/C(=O)C(=O)N(Cc4ccccn4)C3c3ccccn3)cc21.